The molecule has 0 saturated carbocycles. The highest BCUT2D eigenvalue weighted by molar-refractivity contribution is 7.92. The molecule has 0 unspecified atom stereocenters. The Morgan fingerprint density at radius 1 is 1.62 bits per heavy atom. The maximum Gasteiger partial charge on any atom is 0.263 e. The Morgan fingerprint density at radius 3 is 2.95 bits per heavy atom. The fourth-order valence-electron chi connectivity index (χ4n) is 1.96. The van der Waals surface area contributed by atoms with Gasteiger partial charge in [0.05, 0.1) is 18.5 Å². The Balaban J connectivity index is 2.36. The first-order valence-corrected chi connectivity index (χ1v) is 8.38. The lowest BCUT2D eigenvalue weighted by molar-refractivity contribution is -0.127. The van der Waals surface area contributed by atoms with E-state index >= 15 is 0 Å². The molecule has 0 fully saturated rings. The van der Waals surface area contributed by atoms with Crippen LogP contribution in [0.15, 0.2) is 30.9 Å². The molecule has 1 N–H and O–H groups in total. The largest absolute Gasteiger partial charge is 0.476 e. The molecule has 0 aromatic heterocycles. The van der Waals surface area contributed by atoms with Crippen molar-refractivity contribution in [3.8, 4) is 5.75 Å². The molecular weight excluding hydrogens is 316 g/mol. The fraction of sp³-hybridized carbons (Fsp3) is 0.308. The van der Waals surface area contributed by atoms with Crippen molar-refractivity contribution in [1.29, 1.82) is 0 Å². The Hall–Kier alpha value is -1.73. The minimum absolute atomic E-state index is 0.102. The number of benzene rings is 1. The van der Waals surface area contributed by atoms with Gasteiger partial charge in [-0.05, 0) is 18.2 Å². The SMILES string of the molecule is C=CCNC(=O)[C@@H]1CN(S(C)(=O)=O)c2cc(Cl)ccc2O1. The highest BCUT2D eigenvalue weighted by Gasteiger charge is 2.34. The van der Waals surface area contributed by atoms with Crippen LogP contribution in [-0.4, -0.2) is 39.8 Å². The van der Waals surface area contributed by atoms with Gasteiger partial charge in [0.1, 0.15) is 5.75 Å². The smallest absolute Gasteiger partial charge is 0.263 e. The third-order valence-corrected chi connectivity index (χ3v) is 4.29. The zero-order valence-electron chi connectivity index (χ0n) is 11.4. The van der Waals surface area contributed by atoms with Crippen LogP contribution in [0.1, 0.15) is 0 Å². The van der Waals surface area contributed by atoms with Crippen molar-refractivity contribution in [1.82, 2.24) is 5.32 Å². The lowest BCUT2D eigenvalue weighted by atomic mass is 10.2. The van der Waals surface area contributed by atoms with Gasteiger partial charge in [-0.25, -0.2) is 8.42 Å². The average molecular weight is 331 g/mol. The third-order valence-electron chi connectivity index (χ3n) is 2.90. The Morgan fingerprint density at radius 2 is 2.33 bits per heavy atom. The molecule has 1 atom stereocenters. The second-order valence-corrected chi connectivity index (χ2v) is 6.89. The van der Waals surface area contributed by atoms with Gasteiger partial charge in [0.15, 0.2) is 6.10 Å². The minimum atomic E-state index is -3.55. The molecular formula is C13H15ClN2O4S. The highest BCUT2D eigenvalue weighted by atomic mass is 35.5. The number of anilines is 1. The van der Waals surface area contributed by atoms with Gasteiger partial charge in [-0.2, -0.15) is 0 Å². The predicted octanol–water partition coefficient (Wildman–Crippen LogP) is 1.17. The number of sulfonamides is 1. The number of rotatable bonds is 4. The standard InChI is InChI=1S/C13H15ClN2O4S/c1-3-6-15-13(17)12-8-16(21(2,18)19)10-7-9(14)4-5-11(10)20-12/h3-5,7,12H,1,6,8H2,2H3,(H,15,17)/t12-/m0/s1. The van der Waals surface area contributed by atoms with Crippen molar-refractivity contribution in [3.05, 3.63) is 35.9 Å². The topological polar surface area (TPSA) is 75.7 Å². The van der Waals surface area contributed by atoms with E-state index in [4.69, 9.17) is 16.3 Å². The second-order valence-electron chi connectivity index (χ2n) is 4.55. The van der Waals surface area contributed by atoms with Gasteiger partial charge in [0, 0.05) is 11.6 Å². The predicted molar refractivity (Wildman–Crippen MR) is 81.3 cm³/mol. The van der Waals surface area contributed by atoms with E-state index in [1.54, 1.807) is 12.1 Å². The summed E-state index contributed by atoms with van der Waals surface area (Å²) in [5.74, 6) is -0.0982. The molecule has 1 amide bonds. The number of halogens is 1. The molecule has 1 heterocycles. The molecule has 0 saturated heterocycles. The van der Waals surface area contributed by atoms with E-state index in [1.807, 2.05) is 0 Å². The summed E-state index contributed by atoms with van der Waals surface area (Å²) in [6, 6.07) is 4.61. The molecule has 0 aliphatic carbocycles. The fourth-order valence-corrected chi connectivity index (χ4v) is 3.03. The summed E-state index contributed by atoms with van der Waals surface area (Å²) in [5, 5.41) is 2.98. The minimum Gasteiger partial charge on any atom is -0.476 e. The molecule has 1 aromatic carbocycles. The lowest BCUT2D eigenvalue weighted by Gasteiger charge is -2.34. The summed E-state index contributed by atoms with van der Waals surface area (Å²) in [6.45, 7) is 3.68. The van der Waals surface area contributed by atoms with Crippen LogP contribution in [0.2, 0.25) is 5.02 Å². The molecule has 0 bridgehead atoms. The average Bonchev–Trinajstić information content (AvgIpc) is 2.42. The van der Waals surface area contributed by atoms with Crippen LogP contribution < -0.4 is 14.4 Å². The molecule has 2 rings (SSSR count). The van der Waals surface area contributed by atoms with E-state index in [1.165, 1.54) is 12.1 Å². The first-order chi connectivity index (χ1) is 9.82. The van der Waals surface area contributed by atoms with E-state index in [2.05, 4.69) is 11.9 Å². The van der Waals surface area contributed by atoms with E-state index < -0.39 is 22.0 Å². The first-order valence-electron chi connectivity index (χ1n) is 6.15. The van der Waals surface area contributed by atoms with Crippen LogP contribution in [0.4, 0.5) is 5.69 Å². The van der Waals surface area contributed by atoms with E-state index in [9.17, 15) is 13.2 Å². The van der Waals surface area contributed by atoms with Gasteiger partial charge < -0.3 is 10.1 Å². The van der Waals surface area contributed by atoms with Gasteiger partial charge >= 0.3 is 0 Å². The van der Waals surface area contributed by atoms with Crippen LogP contribution in [0, 0.1) is 0 Å². The molecule has 114 valence electrons. The van der Waals surface area contributed by atoms with Crippen LogP contribution in [0.3, 0.4) is 0 Å². The zero-order valence-corrected chi connectivity index (χ0v) is 12.9. The number of hydrogen-bond donors (Lipinski definition) is 1. The van der Waals surface area contributed by atoms with Gasteiger partial charge in [0.2, 0.25) is 10.0 Å². The summed E-state index contributed by atoms with van der Waals surface area (Å²) in [7, 11) is -3.55. The molecule has 1 aromatic rings. The van der Waals surface area contributed by atoms with Crippen LogP contribution in [-0.2, 0) is 14.8 Å². The van der Waals surface area contributed by atoms with E-state index in [-0.39, 0.29) is 13.1 Å². The van der Waals surface area contributed by atoms with Crippen molar-refractivity contribution < 1.29 is 17.9 Å². The lowest BCUT2D eigenvalue weighted by Crippen LogP contribution is -2.50. The Labute approximate surface area is 128 Å². The molecule has 6 nitrogen and oxygen atoms in total. The molecule has 8 heteroatoms. The highest BCUT2D eigenvalue weighted by Crippen LogP contribution is 2.36. The molecule has 1 aliphatic heterocycles. The van der Waals surface area contributed by atoms with Crippen molar-refractivity contribution in [3.63, 3.8) is 0 Å². The number of carbonyl (C=O) groups excluding carboxylic acids is 1. The van der Waals surface area contributed by atoms with Gasteiger partial charge in [-0.15, -0.1) is 6.58 Å². The first kappa shape index (κ1) is 15.7. The number of ether oxygens (including phenoxy) is 1. The third kappa shape index (κ3) is 3.48. The summed E-state index contributed by atoms with van der Waals surface area (Å²) in [5.41, 5.74) is 0.331. The quantitative estimate of drug-likeness (QED) is 0.841. The molecule has 1 aliphatic rings. The number of amides is 1. The van der Waals surface area contributed by atoms with Gasteiger partial charge in [0.25, 0.3) is 5.91 Å². The molecule has 0 radical (unpaired) electrons. The maximum absolute atomic E-state index is 12.0. The number of hydrogen-bond acceptors (Lipinski definition) is 4. The summed E-state index contributed by atoms with van der Waals surface area (Å²) in [4.78, 5) is 12.0. The van der Waals surface area contributed by atoms with Gasteiger partial charge in [-0.3, -0.25) is 9.10 Å². The normalized spacial score (nSPS) is 17.6. The number of nitrogens with one attached hydrogen (secondary N) is 1. The Kier molecular flexibility index (Phi) is 4.43. The molecule has 0 spiro atoms. The number of nitrogens with zero attached hydrogens (tertiary/aromatic N) is 1. The molecule has 21 heavy (non-hydrogen) atoms. The zero-order chi connectivity index (χ0) is 15.6. The van der Waals surface area contributed by atoms with Crippen LogP contribution >= 0.6 is 11.6 Å². The number of carbonyl (C=O) groups is 1. The summed E-state index contributed by atoms with van der Waals surface area (Å²) in [6.07, 6.45) is 1.68. The summed E-state index contributed by atoms with van der Waals surface area (Å²) < 4.78 is 30.5. The Bertz CT molecular complexity index is 675. The second kappa shape index (κ2) is 5.95. The van der Waals surface area contributed by atoms with Crippen molar-refractivity contribution in [2.75, 3.05) is 23.7 Å². The van der Waals surface area contributed by atoms with Crippen LogP contribution in [0.5, 0.6) is 5.75 Å². The monoisotopic (exact) mass is 330 g/mol. The van der Waals surface area contributed by atoms with E-state index in [0.29, 0.717) is 16.5 Å². The van der Waals surface area contributed by atoms with Crippen molar-refractivity contribution in [2.24, 2.45) is 0 Å². The van der Waals surface area contributed by atoms with Gasteiger partial charge in [-0.1, -0.05) is 17.7 Å². The summed E-state index contributed by atoms with van der Waals surface area (Å²) >= 11 is 5.89. The number of fused-ring (bicyclic) bond motifs is 1. The van der Waals surface area contributed by atoms with E-state index in [0.717, 1.165) is 10.6 Å². The maximum atomic E-state index is 12.0. The van der Waals surface area contributed by atoms with Crippen molar-refractivity contribution in [2.45, 2.75) is 6.10 Å². The van der Waals surface area contributed by atoms with Crippen LogP contribution in [0.25, 0.3) is 0 Å². The van der Waals surface area contributed by atoms with Crippen molar-refractivity contribution >= 4 is 33.2 Å².